The summed E-state index contributed by atoms with van der Waals surface area (Å²) in [6.45, 7) is 3.56. The SMILES string of the molecule is COc1ccc(C(=O)COC(=O)CCc2c(C)nn(C)c2C)cc1OC. The van der Waals surface area contributed by atoms with Crippen LogP contribution >= 0.6 is 0 Å². The molecule has 0 amide bonds. The fraction of sp³-hybridized carbons (Fsp3) is 0.421. The van der Waals surface area contributed by atoms with Gasteiger partial charge >= 0.3 is 5.97 Å². The molecule has 0 N–H and O–H groups in total. The Bertz CT molecular complexity index is 811. The second-order valence-electron chi connectivity index (χ2n) is 5.93. The number of hydrogen-bond acceptors (Lipinski definition) is 6. The third-order valence-electron chi connectivity index (χ3n) is 4.31. The van der Waals surface area contributed by atoms with Crippen LogP contribution in [0, 0.1) is 13.8 Å². The van der Waals surface area contributed by atoms with Crippen LogP contribution in [0.1, 0.15) is 33.7 Å². The van der Waals surface area contributed by atoms with E-state index in [-0.39, 0.29) is 18.8 Å². The fourth-order valence-corrected chi connectivity index (χ4v) is 2.72. The number of hydrogen-bond donors (Lipinski definition) is 0. The molecule has 0 aliphatic carbocycles. The van der Waals surface area contributed by atoms with Crippen molar-refractivity contribution in [3.63, 3.8) is 0 Å². The number of carbonyl (C=O) groups excluding carboxylic acids is 2. The van der Waals surface area contributed by atoms with Gasteiger partial charge in [0.1, 0.15) is 0 Å². The van der Waals surface area contributed by atoms with Gasteiger partial charge in [0.05, 0.1) is 19.9 Å². The Labute approximate surface area is 152 Å². The van der Waals surface area contributed by atoms with Crippen LogP contribution in [-0.2, 0) is 23.0 Å². The van der Waals surface area contributed by atoms with Gasteiger partial charge in [-0.1, -0.05) is 0 Å². The van der Waals surface area contributed by atoms with E-state index >= 15 is 0 Å². The van der Waals surface area contributed by atoms with E-state index in [0.29, 0.717) is 23.5 Å². The number of Topliss-reactive ketones (excluding diaryl/α,β-unsaturated/α-hetero) is 1. The van der Waals surface area contributed by atoms with E-state index in [1.54, 1.807) is 22.9 Å². The van der Waals surface area contributed by atoms with Crippen LogP contribution < -0.4 is 9.47 Å². The van der Waals surface area contributed by atoms with Crippen molar-refractivity contribution in [3.8, 4) is 11.5 Å². The van der Waals surface area contributed by atoms with Crippen molar-refractivity contribution in [2.24, 2.45) is 7.05 Å². The molecular weight excluding hydrogens is 336 g/mol. The number of methoxy groups -OCH3 is 2. The van der Waals surface area contributed by atoms with Crippen molar-refractivity contribution in [2.45, 2.75) is 26.7 Å². The van der Waals surface area contributed by atoms with Gasteiger partial charge < -0.3 is 14.2 Å². The molecule has 0 atom stereocenters. The third-order valence-corrected chi connectivity index (χ3v) is 4.31. The second kappa shape index (κ2) is 8.51. The highest BCUT2D eigenvalue weighted by molar-refractivity contribution is 5.98. The summed E-state index contributed by atoms with van der Waals surface area (Å²) in [6, 6.07) is 4.82. The van der Waals surface area contributed by atoms with Gasteiger partial charge in [-0.15, -0.1) is 0 Å². The normalized spacial score (nSPS) is 10.5. The Morgan fingerprint density at radius 2 is 1.81 bits per heavy atom. The van der Waals surface area contributed by atoms with Crippen LogP contribution in [0.15, 0.2) is 18.2 Å². The van der Waals surface area contributed by atoms with Gasteiger partial charge in [-0.25, -0.2) is 0 Å². The summed E-state index contributed by atoms with van der Waals surface area (Å²) >= 11 is 0. The van der Waals surface area contributed by atoms with Crippen LogP contribution in [0.4, 0.5) is 0 Å². The van der Waals surface area contributed by atoms with E-state index in [1.165, 1.54) is 14.2 Å². The lowest BCUT2D eigenvalue weighted by atomic mass is 10.1. The highest BCUT2D eigenvalue weighted by Crippen LogP contribution is 2.27. The highest BCUT2D eigenvalue weighted by atomic mass is 16.5. The molecule has 0 bridgehead atoms. The molecule has 2 aromatic rings. The van der Waals surface area contributed by atoms with Gasteiger partial charge in [-0.3, -0.25) is 14.3 Å². The van der Waals surface area contributed by atoms with E-state index in [9.17, 15) is 9.59 Å². The lowest BCUT2D eigenvalue weighted by Gasteiger charge is -2.09. The molecular formula is C19H24N2O5. The molecule has 0 unspecified atom stereocenters. The van der Waals surface area contributed by atoms with Crippen molar-refractivity contribution in [2.75, 3.05) is 20.8 Å². The smallest absolute Gasteiger partial charge is 0.306 e. The maximum atomic E-state index is 12.2. The first-order valence-electron chi connectivity index (χ1n) is 8.27. The Kier molecular flexibility index (Phi) is 6.38. The van der Waals surface area contributed by atoms with Crippen LogP contribution in [-0.4, -0.2) is 42.4 Å². The number of ketones is 1. The first-order valence-corrected chi connectivity index (χ1v) is 8.27. The average Bonchev–Trinajstić information content (AvgIpc) is 2.88. The molecule has 1 aromatic heterocycles. The molecule has 26 heavy (non-hydrogen) atoms. The van der Waals surface area contributed by atoms with E-state index < -0.39 is 5.97 Å². The number of nitrogens with zero attached hydrogens (tertiary/aromatic N) is 2. The minimum Gasteiger partial charge on any atom is -0.493 e. The molecule has 0 saturated heterocycles. The lowest BCUT2D eigenvalue weighted by Crippen LogP contribution is -2.15. The summed E-state index contributed by atoms with van der Waals surface area (Å²) in [5.74, 6) is 0.269. The van der Waals surface area contributed by atoms with E-state index in [2.05, 4.69) is 5.10 Å². The van der Waals surface area contributed by atoms with Crippen molar-refractivity contribution in [3.05, 3.63) is 40.7 Å². The zero-order chi connectivity index (χ0) is 19.3. The summed E-state index contributed by atoms with van der Waals surface area (Å²) in [4.78, 5) is 24.2. The topological polar surface area (TPSA) is 79.7 Å². The first kappa shape index (κ1) is 19.5. The van der Waals surface area contributed by atoms with Crippen molar-refractivity contribution in [1.82, 2.24) is 9.78 Å². The van der Waals surface area contributed by atoms with Gasteiger partial charge in [-0.05, 0) is 44.0 Å². The number of ether oxygens (including phenoxy) is 3. The molecule has 0 radical (unpaired) electrons. The Hall–Kier alpha value is -2.83. The van der Waals surface area contributed by atoms with Crippen LogP contribution in [0.2, 0.25) is 0 Å². The second-order valence-corrected chi connectivity index (χ2v) is 5.93. The maximum Gasteiger partial charge on any atom is 0.306 e. The molecule has 0 aliphatic rings. The Morgan fingerprint density at radius 3 is 2.38 bits per heavy atom. The molecule has 0 aliphatic heterocycles. The van der Waals surface area contributed by atoms with E-state index in [1.807, 2.05) is 20.9 Å². The number of benzene rings is 1. The van der Waals surface area contributed by atoms with Gasteiger partial charge in [0, 0.05) is 24.7 Å². The molecule has 1 heterocycles. The summed E-state index contributed by atoms with van der Waals surface area (Å²) in [6.07, 6.45) is 0.738. The third kappa shape index (κ3) is 4.41. The Balaban J connectivity index is 1.89. The monoisotopic (exact) mass is 360 g/mol. The Morgan fingerprint density at radius 1 is 1.12 bits per heavy atom. The largest absolute Gasteiger partial charge is 0.493 e. The van der Waals surface area contributed by atoms with Gasteiger partial charge in [0.25, 0.3) is 0 Å². The van der Waals surface area contributed by atoms with Crippen molar-refractivity contribution < 1.29 is 23.8 Å². The zero-order valence-corrected chi connectivity index (χ0v) is 15.8. The first-order chi connectivity index (χ1) is 12.4. The lowest BCUT2D eigenvalue weighted by molar-refractivity contribution is -0.142. The summed E-state index contributed by atoms with van der Waals surface area (Å²) in [5, 5.41) is 4.32. The predicted octanol–water partition coefficient (Wildman–Crippen LogP) is 2.41. The van der Waals surface area contributed by atoms with Crippen LogP contribution in [0.25, 0.3) is 0 Å². The van der Waals surface area contributed by atoms with Crippen molar-refractivity contribution in [1.29, 1.82) is 0 Å². The van der Waals surface area contributed by atoms with Crippen molar-refractivity contribution >= 4 is 11.8 Å². The zero-order valence-electron chi connectivity index (χ0n) is 15.8. The maximum absolute atomic E-state index is 12.2. The van der Waals surface area contributed by atoms with E-state index in [4.69, 9.17) is 14.2 Å². The highest BCUT2D eigenvalue weighted by Gasteiger charge is 2.15. The molecule has 0 spiro atoms. The molecule has 140 valence electrons. The summed E-state index contributed by atoms with van der Waals surface area (Å²) in [7, 11) is 4.88. The molecule has 2 rings (SSSR count). The minimum atomic E-state index is -0.415. The number of esters is 1. The number of rotatable bonds is 8. The van der Waals surface area contributed by atoms with E-state index in [0.717, 1.165) is 17.0 Å². The van der Waals surface area contributed by atoms with Crippen LogP contribution in [0.3, 0.4) is 0 Å². The van der Waals surface area contributed by atoms with Crippen LogP contribution in [0.5, 0.6) is 11.5 Å². The molecule has 0 saturated carbocycles. The average molecular weight is 360 g/mol. The number of aryl methyl sites for hydroxylation is 2. The fourth-order valence-electron chi connectivity index (χ4n) is 2.72. The quantitative estimate of drug-likeness (QED) is 0.531. The van der Waals surface area contributed by atoms with Gasteiger partial charge in [0.2, 0.25) is 0 Å². The summed E-state index contributed by atoms with van der Waals surface area (Å²) < 4.78 is 17.2. The van der Waals surface area contributed by atoms with Gasteiger partial charge in [-0.2, -0.15) is 5.10 Å². The predicted molar refractivity (Wildman–Crippen MR) is 95.8 cm³/mol. The molecule has 7 heteroatoms. The standard InChI is InChI=1S/C19H24N2O5/c1-12-15(13(2)21(3)20-12)7-9-19(23)26-11-16(22)14-6-8-17(24-4)18(10-14)25-5/h6,8,10H,7,9,11H2,1-5H3. The number of carbonyl (C=O) groups is 2. The summed E-state index contributed by atoms with van der Waals surface area (Å²) in [5.41, 5.74) is 3.36. The molecule has 1 aromatic carbocycles. The minimum absolute atomic E-state index is 0.201. The number of aromatic nitrogens is 2. The molecule has 7 nitrogen and oxygen atoms in total. The molecule has 0 fully saturated rings. The van der Waals surface area contributed by atoms with Gasteiger partial charge in [0.15, 0.2) is 23.9 Å².